The molecular weight excluding hydrogens is 338 g/mol. The average molecular weight is 363 g/mol. The van der Waals surface area contributed by atoms with Gasteiger partial charge in [0.1, 0.15) is 0 Å². The minimum Gasteiger partial charge on any atom is -0.380 e. The molecule has 0 aliphatic heterocycles. The summed E-state index contributed by atoms with van der Waals surface area (Å²) in [7, 11) is 1.70. The summed E-state index contributed by atoms with van der Waals surface area (Å²) in [6, 6.07) is 10.2. The Labute approximate surface area is 159 Å². The minimum absolute atomic E-state index is 0.00342. The largest absolute Gasteiger partial charge is 0.380 e. The molecule has 140 valence electrons. The van der Waals surface area contributed by atoms with Crippen LogP contribution in [0.25, 0.3) is 0 Å². The molecule has 4 aliphatic rings. The third kappa shape index (κ3) is 3.04. The fourth-order valence-corrected chi connectivity index (χ4v) is 5.15. The normalized spacial score (nSPS) is 33.4. The second kappa shape index (κ2) is 6.41. The molecule has 2 heterocycles. The van der Waals surface area contributed by atoms with Crippen molar-refractivity contribution in [3.63, 3.8) is 0 Å². The SMILES string of the molecule is COCc1ccc([C@@H]2C[C@]3(NC(=O)C4CC4c4ccccn4)C[C@@H]2C3)nc1. The van der Waals surface area contributed by atoms with Crippen molar-refractivity contribution in [2.75, 3.05) is 7.11 Å². The number of fused-ring (bicyclic) bond motifs is 1. The van der Waals surface area contributed by atoms with Gasteiger partial charge in [-0.1, -0.05) is 12.1 Å². The average Bonchev–Trinajstić information content (AvgIpc) is 3.30. The molecule has 0 saturated heterocycles. The molecule has 6 rings (SSSR count). The van der Waals surface area contributed by atoms with Crippen LogP contribution in [0.2, 0.25) is 0 Å². The Hall–Kier alpha value is -2.27. The molecule has 0 radical (unpaired) electrons. The number of carbonyl (C=O) groups is 1. The van der Waals surface area contributed by atoms with E-state index in [1.54, 1.807) is 7.11 Å². The summed E-state index contributed by atoms with van der Waals surface area (Å²) >= 11 is 0. The number of nitrogens with zero attached hydrogens (tertiary/aromatic N) is 2. The Bertz CT molecular complexity index is 830. The topological polar surface area (TPSA) is 64.1 Å². The van der Waals surface area contributed by atoms with Gasteiger partial charge in [0.2, 0.25) is 5.91 Å². The Morgan fingerprint density at radius 2 is 2.00 bits per heavy atom. The standard InChI is InChI=1S/C22H25N3O2/c1-27-13-14-5-6-20(24-12-14)18-11-22(9-15(18)10-22)25-21(26)17-8-16(17)19-4-2-3-7-23-19/h2-7,12,15-18H,8-11,13H2,1H3,(H,25,26)/t15-,16?,17?,18-,22+/m1/s1. The molecule has 27 heavy (non-hydrogen) atoms. The number of hydrogen-bond donors (Lipinski definition) is 1. The lowest BCUT2D eigenvalue weighted by Gasteiger charge is -2.39. The minimum atomic E-state index is -0.00342. The monoisotopic (exact) mass is 363 g/mol. The summed E-state index contributed by atoms with van der Waals surface area (Å²) in [5.74, 6) is 1.72. The number of amides is 1. The number of rotatable bonds is 6. The Morgan fingerprint density at radius 3 is 2.70 bits per heavy atom. The quantitative estimate of drug-likeness (QED) is 0.856. The maximum atomic E-state index is 12.8. The van der Waals surface area contributed by atoms with Crippen molar-refractivity contribution in [3.05, 3.63) is 59.7 Å². The van der Waals surface area contributed by atoms with Gasteiger partial charge in [0.25, 0.3) is 0 Å². The van der Waals surface area contributed by atoms with Crippen LogP contribution in [-0.2, 0) is 16.1 Å². The summed E-state index contributed by atoms with van der Waals surface area (Å²) in [6.45, 7) is 0.597. The van der Waals surface area contributed by atoms with Gasteiger partial charge in [-0.3, -0.25) is 14.8 Å². The van der Waals surface area contributed by atoms with E-state index in [0.29, 0.717) is 24.4 Å². The predicted octanol–water partition coefficient (Wildman–Crippen LogP) is 3.18. The number of pyridine rings is 2. The first-order valence-electron chi connectivity index (χ1n) is 9.84. The van der Waals surface area contributed by atoms with Crippen LogP contribution in [0.3, 0.4) is 0 Å². The fraction of sp³-hybridized carbons (Fsp3) is 0.500. The van der Waals surface area contributed by atoms with E-state index >= 15 is 0 Å². The third-order valence-corrected chi connectivity index (χ3v) is 6.61. The van der Waals surface area contributed by atoms with Gasteiger partial charge in [-0.2, -0.15) is 0 Å². The molecule has 0 aromatic carbocycles. The van der Waals surface area contributed by atoms with Crippen LogP contribution >= 0.6 is 0 Å². The summed E-state index contributed by atoms with van der Waals surface area (Å²) in [4.78, 5) is 21.8. The summed E-state index contributed by atoms with van der Waals surface area (Å²) < 4.78 is 5.16. The van der Waals surface area contributed by atoms with Crippen LogP contribution in [0.5, 0.6) is 0 Å². The molecule has 1 N–H and O–H groups in total. The Morgan fingerprint density at radius 1 is 1.15 bits per heavy atom. The van der Waals surface area contributed by atoms with Gasteiger partial charge in [-0.15, -0.1) is 0 Å². The van der Waals surface area contributed by atoms with Crippen molar-refractivity contribution in [2.45, 2.75) is 49.7 Å². The number of ether oxygens (including phenoxy) is 1. The zero-order valence-corrected chi connectivity index (χ0v) is 15.6. The Kier molecular flexibility index (Phi) is 4.01. The van der Waals surface area contributed by atoms with Crippen molar-refractivity contribution in [1.29, 1.82) is 0 Å². The first-order chi connectivity index (χ1) is 13.2. The Balaban J connectivity index is 1.20. The molecule has 4 aliphatic carbocycles. The van der Waals surface area contributed by atoms with Gasteiger partial charge < -0.3 is 10.1 Å². The molecule has 3 atom stereocenters. The van der Waals surface area contributed by atoms with E-state index in [0.717, 1.165) is 42.6 Å². The molecule has 1 amide bonds. The summed E-state index contributed by atoms with van der Waals surface area (Å²) in [6.07, 6.45) is 7.85. The molecule has 2 unspecified atom stereocenters. The molecule has 2 bridgehead atoms. The molecule has 4 saturated carbocycles. The van der Waals surface area contributed by atoms with E-state index in [1.807, 2.05) is 30.6 Å². The van der Waals surface area contributed by atoms with E-state index in [1.165, 1.54) is 0 Å². The van der Waals surface area contributed by atoms with E-state index in [2.05, 4.69) is 27.4 Å². The highest BCUT2D eigenvalue weighted by Crippen LogP contribution is 2.59. The van der Waals surface area contributed by atoms with E-state index in [-0.39, 0.29) is 17.4 Å². The van der Waals surface area contributed by atoms with Gasteiger partial charge >= 0.3 is 0 Å². The van der Waals surface area contributed by atoms with Crippen LogP contribution < -0.4 is 5.32 Å². The highest BCUT2D eigenvalue weighted by Gasteiger charge is 2.58. The summed E-state index contributed by atoms with van der Waals surface area (Å²) in [5, 5.41) is 3.40. The van der Waals surface area contributed by atoms with E-state index in [4.69, 9.17) is 4.74 Å². The van der Waals surface area contributed by atoms with E-state index in [9.17, 15) is 4.79 Å². The molecule has 5 nitrogen and oxygen atoms in total. The second-order valence-electron chi connectivity index (χ2n) is 8.48. The van der Waals surface area contributed by atoms with E-state index < -0.39 is 0 Å². The van der Waals surface area contributed by atoms with Crippen LogP contribution in [0.15, 0.2) is 42.7 Å². The number of methoxy groups -OCH3 is 1. The molecule has 0 spiro atoms. The van der Waals surface area contributed by atoms with Gasteiger partial charge in [-0.05, 0) is 55.4 Å². The van der Waals surface area contributed by atoms with Gasteiger partial charge in [0, 0.05) is 54.2 Å². The lowest BCUT2D eigenvalue weighted by atomic mass is 9.75. The first kappa shape index (κ1) is 16.9. The second-order valence-corrected chi connectivity index (χ2v) is 8.48. The van der Waals surface area contributed by atoms with Crippen molar-refractivity contribution in [2.24, 2.45) is 11.8 Å². The predicted molar refractivity (Wildman–Crippen MR) is 101 cm³/mol. The van der Waals surface area contributed by atoms with Crippen molar-refractivity contribution in [3.8, 4) is 0 Å². The summed E-state index contributed by atoms with van der Waals surface area (Å²) in [5.41, 5.74) is 3.30. The lowest BCUT2D eigenvalue weighted by molar-refractivity contribution is -0.125. The zero-order chi connectivity index (χ0) is 18.4. The van der Waals surface area contributed by atoms with Crippen molar-refractivity contribution >= 4 is 5.91 Å². The maximum Gasteiger partial charge on any atom is 0.224 e. The van der Waals surface area contributed by atoms with Crippen molar-refractivity contribution < 1.29 is 9.53 Å². The van der Waals surface area contributed by atoms with Crippen molar-refractivity contribution in [1.82, 2.24) is 15.3 Å². The highest BCUT2D eigenvalue weighted by atomic mass is 16.5. The maximum absolute atomic E-state index is 12.8. The number of hydrogen-bond acceptors (Lipinski definition) is 4. The number of nitrogens with one attached hydrogen (secondary N) is 1. The molecular formula is C22H25N3O2. The van der Waals surface area contributed by atoms with Gasteiger partial charge in [0.05, 0.1) is 6.61 Å². The number of carbonyl (C=O) groups excluding carboxylic acids is 1. The lowest BCUT2D eigenvalue weighted by Crippen LogP contribution is -2.52. The van der Waals surface area contributed by atoms with Gasteiger partial charge in [-0.25, -0.2) is 0 Å². The van der Waals surface area contributed by atoms with Crippen LogP contribution in [0.4, 0.5) is 0 Å². The molecule has 5 heteroatoms. The number of aromatic nitrogens is 2. The molecule has 4 fully saturated rings. The van der Waals surface area contributed by atoms with Crippen LogP contribution in [-0.4, -0.2) is 28.5 Å². The zero-order valence-electron chi connectivity index (χ0n) is 15.6. The first-order valence-corrected chi connectivity index (χ1v) is 9.84. The van der Waals surface area contributed by atoms with Crippen LogP contribution in [0.1, 0.15) is 54.5 Å². The third-order valence-electron chi connectivity index (χ3n) is 6.61. The van der Waals surface area contributed by atoms with Gasteiger partial charge in [0.15, 0.2) is 0 Å². The highest BCUT2D eigenvalue weighted by molar-refractivity contribution is 5.83. The molecule has 2 aromatic heterocycles. The smallest absolute Gasteiger partial charge is 0.224 e. The fourth-order valence-electron chi connectivity index (χ4n) is 5.15. The molecule has 2 aromatic rings. The van der Waals surface area contributed by atoms with Crippen LogP contribution in [0, 0.1) is 11.8 Å².